The summed E-state index contributed by atoms with van der Waals surface area (Å²) in [6.07, 6.45) is 2.55. The minimum atomic E-state index is 0.538. The molecule has 0 aliphatic heterocycles. The molecular weight excluding hydrogens is 382 g/mol. The van der Waals surface area contributed by atoms with E-state index in [0.29, 0.717) is 28.3 Å². The van der Waals surface area contributed by atoms with Crippen molar-refractivity contribution < 1.29 is 9.47 Å². The normalized spacial score (nSPS) is 10.9. The van der Waals surface area contributed by atoms with Gasteiger partial charge < -0.3 is 9.47 Å². The number of hydrogen-bond acceptors (Lipinski definition) is 6. The minimum Gasteiger partial charge on any atom is -0.493 e. The Hall–Kier alpha value is -2.57. The first kappa shape index (κ1) is 19.2. The second kappa shape index (κ2) is 9.39. The molecule has 0 saturated heterocycles. The number of rotatable bonds is 8. The Morgan fingerprint density at radius 1 is 1.22 bits per heavy atom. The molecule has 27 heavy (non-hydrogen) atoms. The largest absolute Gasteiger partial charge is 0.493 e. The monoisotopic (exact) mass is 401 g/mol. The average Bonchev–Trinajstić information content (AvgIpc) is 3.17. The smallest absolute Gasteiger partial charge is 0.203 e. The molecule has 0 amide bonds. The van der Waals surface area contributed by atoms with Gasteiger partial charge in [-0.25, -0.2) is 4.98 Å². The van der Waals surface area contributed by atoms with Crippen LogP contribution in [0, 0.1) is 0 Å². The van der Waals surface area contributed by atoms with E-state index in [9.17, 15) is 0 Å². The molecule has 0 atom stereocenters. The second-order valence-corrected chi connectivity index (χ2v) is 6.91. The molecule has 0 fully saturated rings. The van der Waals surface area contributed by atoms with Crippen molar-refractivity contribution >= 4 is 34.3 Å². The van der Waals surface area contributed by atoms with E-state index in [1.165, 1.54) is 11.3 Å². The lowest BCUT2D eigenvalue weighted by Gasteiger charge is -2.11. The zero-order chi connectivity index (χ0) is 19.1. The predicted molar refractivity (Wildman–Crippen MR) is 113 cm³/mol. The summed E-state index contributed by atoms with van der Waals surface area (Å²) in [6.45, 7) is 2.65. The van der Waals surface area contributed by atoms with Gasteiger partial charge in [-0.15, -0.1) is 11.3 Å². The second-order valence-electron chi connectivity index (χ2n) is 5.65. The van der Waals surface area contributed by atoms with Gasteiger partial charge in [-0.3, -0.25) is 5.43 Å². The van der Waals surface area contributed by atoms with Crippen molar-refractivity contribution in [3.8, 4) is 22.8 Å². The summed E-state index contributed by atoms with van der Waals surface area (Å²) < 4.78 is 11.0. The van der Waals surface area contributed by atoms with E-state index in [-0.39, 0.29) is 0 Å². The van der Waals surface area contributed by atoms with Gasteiger partial charge in [-0.2, -0.15) is 5.10 Å². The van der Waals surface area contributed by atoms with Crippen LogP contribution in [0.3, 0.4) is 0 Å². The molecule has 1 N–H and O–H groups in total. The van der Waals surface area contributed by atoms with E-state index < -0.39 is 0 Å². The molecule has 2 aromatic carbocycles. The topological polar surface area (TPSA) is 55.7 Å². The van der Waals surface area contributed by atoms with E-state index in [1.807, 2.05) is 42.6 Å². The van der Waals surface area contributed by atoms with Gasteiger partial charge in [0.2, 0.25) is 5.13 Å². The Kier molecular flexibility index (Phi) is 6.68. The highest BCUT2D eigenvalue weighted by molar-refractivity contribution is 7.14. The molecular formula is C20H20ClN3O2S. The number of nitrogens with one attached hydrogen (secondary N) is 1. The highest BCUT2D eigenvalue weighted by Crippen LogP contribution is 2.33. The van der Waals surface area contributed by atoms with Gasteiger partial charge in [0.25, 0.3) is 0 Å². The predicted octanol–water partition coefficient (Wildman–Crippen LogP) is 5.71. The van der Waals surface area contributed by atoms with Crippen molar-refractivity contribution in [1.29, 1.82) is 0 Å². The third kappa shape index (κ3) is 4.99. The van der Waals surface area contributed by atoms with Crippen molar-refractivity contribution in [3.05, 3.63) is 58.4 Å². The molecule has 0 spiro atoms. The van der Waals surface area contributed by atoms with Crippen LogP contribution in [0.1, 0.15) is 18.9 Å². The lowest BCUT2D eigenvalue weighted by molar-refractivity contribution is 0.294. The minimum absolute atomic E-state index is 0.538. The van der Waals surface area contributed by atoms with E-state index in [4.69, 9.17) is 21.1 Å². The number of halogens is 1. The number of aromatic nitrogens is 1. The van der Waals surface area contributed by atoms with Crippen LogP contribution in [0.4, 0.5) is 5.13 Å². The third-order valence-corrected chi connectivity index (χ3v) is 4.76. The first-order valence-corrected chi connectivity index (χ1v) is 9.77. The van der Waals surface area contributed by atoms with Crippen LogP contribution in [0.2, 0.25) is 5.02 Å². The molecule has 3 aromatic rings. The van der Waals surface area contributed by atoms with Crippen LogP contribution in [0.15, 0.2) is 52.9 Å². The standard InChI is InChI=1S/C20H20ClN3O2S/c1-3-9-26-19-11-16(21)15(10-18(19)25-2)12-22-24-20-23-17(13-27-20)14-7-5-4-6-8-14/h4-8,10-13H,3,9H2,1-2H3,(H,23,24). The SMILES string of the molecule is CCCOc1cc(Cl)c(C=NNc2nc(-c3ccccc3)cs2)cc1OC. The Labute approximate surface area is 167 Å². The number of ether oxygens (including phenoxy) is 2. The lowest BCUT2D eigenvalue weighted by atomic mass is 10.2. The van der Waals surface area contributed by atoms with Gasteiger partial charge in [0.15, 0.2) is 11.5 Å². The summed E-state index contributed by atoms with van der Waals surface area (Å²) in [6, 6.07) is 13.6. The number of thiazole rings is 1. The average molecular weight is 402 g/mol. The molecule has 1 heterocycles. The molecule has 5 nitrogen and oxygen atoms in total. The van der Waals surface area contributed by atoms with Crippen LogP contribution in [0.25, 0.3) is 11.3 Å². The number of hydrogen-bond donors (Lipinski definition) is 1. The number of hydrazone groups is 1. The molecule has 1 aromatic heterocycles. The van der Waals surface area contributed by atoms with Gasteiger partial charge in [-0.1, -0.05) is 48.9 Å². The fraction of sp³-hybridized carbons (Fsp3) is 0.200. The van der Waals surface area contributed by atoms with Crippen LogP contribution < -0.4 is 14.9 Å². The highest BCUT2D eigenvalue weighted by Gasteiger charge is 2.09. The van der Waals surface area contributed by atoms with Crippen molar-refractivity contribution in [2.75, 3.05) is 19.1 Å². The summed E-state index contributed by atoms with van der Waals surface area (Å²) in [7, 11) is 1.60. The molecule has 3 rings (SSSR count). The molecule has 0 aliphatic carbocycles. The highest BCUT2D eigenvalue weighted by atomic mass is 35.5. The molecule has 0 saturated carbocycles. The quantitative estimate of drug-likeness (QED) is 0.388. The zero-order valence-electron chi connectivity index (χ0n) is 15.1. The Bertz CT molecular complexity index is 913. The molecule has 0 radical (unpaired) electrons. The summed E-state index contributed by atoms with van der Waals surface area (Å²) >= 11 is 7.82. The van der Waals surface area contributed by atoms with Crippen molar-refractivity contribution in [3.63, 3.8) is 0 Å². The van der Waals surface area contributed by atoms with Gasteiger partial charge in [0, 0.05) is 22.6 Å². The molecule has 0 unspecified atom stereocenters. The first-order chi connectivity index (χ1) is 13.2. The zero-order valence-corrected chi connectivity index (χ0v) is 16.7. The summed E-state index contributed by atoms with van der Waals surface area (Å²) in [5.74, 6) is 1.25. The molecule has 7 heteroatoms. The Balaban J connectivity index is 1.70. The van der Waals surface area contributed by atoms with Gasteiger partial charge in [0.05, 0.1) is 30.6 Å². The maximum atomic E-state index is 6.34. The fourth-order valence-electron chi connectivity index (χ4n) is 2.36. The van der Waals surface area contributed by atoms with E-state index in [0.717, 1.165) is 23.2 Å². The van der Waals surface area contributed by atoms with Crippen LogP contribution >= 0.6 is 22.9 Å². The number of anilines is 1. The van der Waals surface area contributed by atoms with Crippen molar-refractivity contribution in [2.24, 2.45) is 5.10 Å². The maximum absolute atomic E-state index is 6.34. The van der Waals surface area contributed by atoms with Gasteiger partial charge >= 0.3 is 0 Å². The van der Waals surface area contributed by atoms with Crippen molar-refractivity contribution in [1.82, 2.24) is 4.98 Å². The van der Waals surface area contributed by atoms with Gasteiger partial charge in [0.1, 0.15) is 0 Å². The Morgan fingerprint density at radius 2 is 2.04 bits per heavy atom. The number of methoxy groups -OCH3 is 1. The molecule has 140 valence electrons. The summed E-state index contributed by atoms with van der Waals surface area (Å²) in [4.78, 5) is 4.53. The summed E-state index contributed by atoms with van der Waals surface area (Å²) in [5.41, 5.74) is 5.65. The van der Waals surface area contributed by atoms with Gasteiger partial charge in [-0.05, 0) is 12.5 Å². The van der Waals surface area contributed by atoms with Crippen LogP contribution in [0.5, 0.6) is 11.5 Å². The summed E-state index contributed by atoms with van der Waals surface area (Å²) in [5, 5.41) is 7.47. The van der Waals surface area contributed by atoms with Crippen LogP contribution in [-0.2, 0) is 0 Å². The number of benzene rings is 2. The van der Waals surface area contributed by atoms with Crippen LogP contribution in [-0.4, -0.2) is 24.9 Å². The van der Waals surface area contributed by atoms with Crippen molar-refractivity contribution in [2.45, 2.75) is 13.3 Å². The number of nitrogens with zero attached hydrogens (tertiary/aromatic N) is 2. The fourth-order valence-corrected chi connectivity index (χ4v) is 3.23. The molecule has 0 aliphatic rings. The van der Waals surface area contributed by atoms with E-state index in [1.54, 1.807) is 25.5 Å². The third-order valence-electron chi connectivity index (χ3n) is 3.68. The maximum Gasteiger partial charge on any atom is 0.203 e. The molecule has 0 bridgehead atoms. The lowest BCUT2D eigenvalue weighted by Crippen LogP contribution is -1.99. The van der Waals surface area contributed by atoms with E-state index in [2.05, 4.69) is 15.5 Å². The van der Waals surface area contributed by atoms with E-state index >= 15 is 0 Å². The first-order valence-electron chi connectivity index (χ1n) is 8.51. The Morgan fingerprint density at radius 3 is 2.78 bits per heavy atom.